The van der Waals surface area contributed by atoms with E-state index in [9.17, 15) is 4.79 Å². The fraction of sp³-hybridized carbons (Fsp3) is 0.909. The first kappa shape index (κ1) is 11.1. The van der Waals surface area contributed by atoms with Crippen molar-refractivity contribution in [2.24, 2.45) is 0 Å². The Bertz CT molecular complexity index is 243. The first-order valence-electron chi connectivity index (χ1n) is 5.78. The van der Waals surface area contributed by atoms with Crippen molar-refractivity contribution >= 4 is 17.8 Å². The Kier molecular flexibility index (Phi) is 3.44. The Morgan fingerprint density at radius 1 is 1.33 bits per heavy atom. The topological polar surface area (TPSA) is 32.3 Å². The highest BCUT2D eigenvalue weighted by molar-refractivity contribution is 7.99. The van der Waals surface area contributed by atoms with Crippen LogP contribution >= 0.6 is 11.8 Å². The van der Waals surface area contributed by atoms with Crippen LogP contribution in [0.3, 0.4) is 0 Å². The summed E-state index contributed by atoms with van der Waals surface area (Å²) in [5.74, 6) is 0. The Morgan fingerprint density at radius 2 is 2.07 bits per heavy atom. The van der Waals surface area contributed by atoms with E-state index in [4.69, 9.17) is 0 Å². The maximum Gasteiger partial charge on any atom is 0.317 e. The van der Waals surface area contributed by atoms with Crippen LogP contribution in [0.5, 0.6) is 0 Å². The number of nitrogens with one attached hydrogen (secondary N) is 1. The summed E-state index contributed by atoms with van der Waals surface area (Å²) >= 11 is 1.90. The molecule has 2 atom stereocenters. The monoisotopic (exact) mass is 228 g/mol. The van der Waals surface area contributed by atoms with E-state index in [0.717, 1.165) is 12.8 Å². The second-order valence-corrected chi connectivity index (χ2v) is 5.68. The van der Waals surface area contributed by atoms with Crippen molar-refractivity contribution in [1.82, 2.24) is 10.2 Å². The zero-order valence-corrected chi connectivity index (χ0v) is 10.3. The van der Waals surface area contributed by atoms with Gasteiger partial charge in [0.1, 0.15) is 0 Å². The van der Waals surface area contributed by atoms with Crippen LogP contribution in [0.2, 0.25) is 0 Å². The second-order valence-electron chi connectivity index (χ2n) is 4.61. The molecule has 0 bridgehead atoms. The van der Waals surface area contributed by atoms with E-state index < -0.39 is 0 Å². The fourth-order valence-corrected chi connectivity index (χ4v) is 3.31. The van der Waals surface area contributed by atoms with Crippen molar-refractivity contribution in [1.29, 1.82) is 0 Å². The Labute approximate surface area is 96.0 Å². The molecule has 2 saturated carbocycles. The zero-order valence-electron chi connectivity index (χ0n) is 9.53. The molecule has 0 aromatic rings. The third-order valence-electron chi connectivity index (χ3n) is 3.44. The molecule has 0 radical (unpaired) electrons. The van der Waals surface area contributed by atoms with Crippen molar-refractivity contribution in [3.63, 3.8) is 0 Å². The first-order chi connectivity index (χ1) is 7.22. The summed E-state index contributed by atoms with van der Waals surface area (Å²) in [6, 6.07) is 1.04. The molecule has 2 amide bonds. The summed E-state index contributed by atoms with van der Waals surface area (Å²) in [5, 5.41) is 3.69. The fourth-order valence-electron chi connectivity index (χ4n) is 2.28. The minimum Gasteiger partial charge on any atom is -0.335 e. The zero-order chi connectivity index (χ0) is 10.8. The van der Waals surface area contributed by atoms with Crippen molar-refractivity contribution < 1.29 is 4.79 Å². The van der Waals surface area contributed by atoms with Gasteiger partial charge in [0.25, 0.3) is 0 Å². The van der Waals surface area contributed by atoms with Gasteiger partial charge in [0, 0.05) is 24.4 Å². The summed E-state index contributed by atoms with van der Waals surface area (Å²) < 4.78 is 0. The Morgan fingerprint density at radius 3 is 2.67 bits per heavy atom. The van der Waals surface area contributed by atoms with Gasteiger partial charge in [0.2, 0.25) is 0 Å². The third-order valence-corrected chi connectivity index (χ3v) is 4.60. The molecule has 0 spiro atoms. The molecule has 2 aliphatic rings. The number of nitrogens with zero attached hydrogens (tertiary/aromatic N) is 1. The highest BCUT2D eigenvalue weighted by Gasteiger charge is 2.33. The lowest BCUT2D eigenvalue weighted by Gasteiger charge is -2.29. The average molecular weight is 228 g/mol. The molecule has 0 unspecified atom stereocenters. The van der Waals surface area contributed by atoms with Gasteiger partial charge in [-0.2, -0.15) is 11.8 Å². The molecule has 0 aromatic heterocycles. The van der Waals surface area contributed by atoms with E-state index in [1.165, 1.54) is 19.3 Å². The molecule has 2 fully saturated rings. The van der Waals surface area contributed by atoms with Crippen LogP contribution in [-0.2, 0) is 0 Å². The van der Waals surface area contributed by atoms with E-state index in [0.29, 0.717) is 17.3 Å². The summed E-state index contributed by atoms with van der Waals surface area (Å²) in [4.78, 5) is 13.8. The quantitative estimate of drug-likeness (QED) is 0.802. The minimum absolute atomic E-state index is 0.128. The van der Waals surface area contributed by atoms with Gasteiger partial charge in [-0.1, -0.05) is 6.42 Å². The predicted molar refractivity (Wildman–Crippen MR) is 64.3 cm³/mol. The van der Waals surface area contributed by atoms with Crippen LogP contribution in [0, 0.1) is 0 Å². The van der Waals surface area contributed by atoms with Gasteiger partial charge in [0.05, 0.1) is 0 Å². The molecule has 1 N–H and O–H groups in total. The van der Waals surface area contributed by atoms with Gasteiger partial charge < -0.3 is 10.2 Å². The third kappa shape index (κ3) is 2.60. The number of amides is 2. The van der Waals surface area contributed by atoms with Gasteiger partial charge in [0.15, 0.2) is 0 Å². The SMILES string of the molecule is CS[C@H]1CCC[C@@H]1N(C)C(=O)NC1CC1. The van der Waals surface area contributed by atoms with E-state index in [-0.39, 0.29) is 6.03 Å². The van der Waals surface area contributed by atoms with Gasteiger partial charge >= 0.3 is 6.03 Å². The Hall–Kier alpha value is -0.380. The lowest BCUT2D eigenvalue weighted by molar-refractivity contribution is 0.191. The van der Waals surface area contributed by atoms with E-state index in [2.05, 4.69) is 11.6 Å². The lowest BCUT2D eigenvalue weighted by atomic mass is 10.2. The van der Waals surface area contributed by atoms with Crippen LogP contribution in [0.4, 0.5) is 4.79 Å². The standard InChI is InChI=1S/C11H20N2OS/c1-13(11(14)12-8-6-7-8)9-4-3-5-10(9)15-2/h8-10H,3-7H2,1-2H3,(H,12,14)/t9-,10-/m0/s1. The van der Waals surface area contributed by atoms with Crippen LogP contribution in [-0.4, -0.2) is 41.6 Å². The molecule has 0 aliphatic heterocycles. The number of hydrogen-bond acceptors (Lipinski definition) is 2. The number of urea groups is 1. The summed E-state index contributed by atoms with van der Waals surface area (Å²) in [5.41, 5.74) is 0. The molecule has 4 heteroatoms. The minimum atomic E-state index is 0.128. The maximum absolute atomic E-state index is 11.8. The molecule has 15 heavy (non-hydrogen) atoms. The number of rotatable bonds is 3. The van der Waals surface area contributed by atoms with Crippen LogP contribution in [0.15, 0.2) is 0 Å². The average Bonchev–Trinajstić information content (AvgIpc) is 2.92. The number of carbonyl (C=O) groups excluding carboxylic acids is 1. The molecule has 2 aliphatic carbocycles. The van der Waals surface area contributed by atoms with E-state index >= 15 is 0 Å². The normalized spacial score (nSPS) is 30.3. The van der Waals surface area contributed by atoms with Gasteiger partial charge in [-0.05, 0) is 31.9 Å². The van der Waals surface area contributed by atoms with Crippen molar-refractivity contribution in [3.8, 4) is 0 Å². The summed E-state index contributed by atoms with van der Waals surface area (Å²) in [6.07, 6.45) is 8.16. The van der Waals surface area contributed by atoms with Crippen molar-refractivity contribution in [3.05, 3.63) is 0 Å². The lowest BCUT2D eigenvalue weighted by Crippen LogP contribution is -2.46. The van der Waals surface area contributed by atoms with Gasteiger partial charge in [-0.15, -0.1) is 0 Å². The molecule has 2 rings (SSSR count). The number of thioether (sulfide) groups is 1. The molecule has 3 nitrogen and oxygen atoms in total. The number of carbonyl (C=O) groups is 1. The number of hydrogen-bond donors (Lipinski definition) is 1. The largest absolute Gasteiger partial charge is 0.335 e. The molecule has 86 valence electrons. The molecule has 0 aromatic carbocycles. The van der Waals surface area contributed by atoms with Gasteiger partial charge in [-0.25, -0.2) is 4.79 Å². The van der Waals surface area contributed by atoms with Crippen LogP contribution < -0.4 is 5.32 Å². The molecule has 0 heterocycles. The maximum atomic E-state index is 11.8. The van der Waals surface area contributed by atoms with Crippen LogP contribution in [0.1, 0.15) is 32.1 Å². The predicted octanol–water partition coefficient (Wildman–Crippen LogP) is 2.07. The van der Waals surface area contributed by atoms with Crippen molar-refractivity contribution in [2.45, 2.75) is 49.4 Å². The van der Waals surface area contributed by atoms with Crippen LogP contribution in [0.25, 0.3) is 0 Å². The smallest absolute Gasteiger partial charge is 0.317 e. The van der Waals surface area contributed by atoms with Gasteiger partial charge in [-0.3, -0.25) is 0 Å². The highest BCUT2D eigenvalue weighted by atomic mass is 32.2. The molecular weight excluding hydrogens is 208 g/mol. The van der Waals surface area contributed by atoms with Crippen molar-refractivity contribution in [2.75, 3.05) is 13.3 Å². The molecular formula is C11H20N2OS. The Balaban J connectivity index is 1.87. The first-order valence-corrected chi connectivity index (χ1v) is 7.07. The summed E-state index contributed by atoms with van der Waals surface area (Å²) in [6.45, 7) is 0. The van der Waals surface area contributed by atoms with E-state index in [1.807, 2.05) is 23.7 Å². The summed E-state index contributed by atoms with van der Waals surface area (Å²) in [7, 11) is 1.94. The second kappa shape index (κ2) is 4.64. The van der Waals surface area contributed by atoms with E-state index in [1.54, 1.807) is 0 Å². The molecule has 0 saturated heterocycles. The highest BCUT2D eigenvalue weighted by Crippen LogP contribution is 2.31.